The first-order valence-corrected chi connectivity index (χ1v) is 15.9. The number of anilines is 1. The highest BCUT2D eigenvalue weighted by Crippen LogP contribution is 2.54. The van der Waals surface area contributed by atoms with Gasteiger partial charge in [-0.05, 0) is 48.4 Å². The number of rotatable bonds is 9. The number of imidazole rings is 1. The molecule has 1 aliphatic rings. The third-order valence-electron chi connectivity index (χ3n) is 7.00. The lowest BCUT2D eigenvalue weighted by Crippen LogP contribution is -2.18. The summed E-state index contributed by atoms with van der Waals surface area (Å²) < 4.78 is 31.8. The van der Waals surface area contributed by atoms with E-state index in [4.69, 9.17) is 30.0 Å². The highest BCUT2D eigenvalue weighted by molar-refractivity contribution is 7.53. The zero-order chi connectivity index (χ0) is 29.1. The van der Waals surface area contributed by atoms with Crippen molar-refractivity contribution in [1.29, 1.82) is 0 Å². The summed E-state index contributed by atoms with van der Waals surface area (Å²) >= 11 is 6.11. The summed E-state index contributed by atoms with van der Waals surface area (Å²) in [4.78, 5) is 22.0. The van der Waals surface area contributed by atoms with Crippen LogP contribution in [0.2, 0.25) is 5.02 Å². The number of carbonyl (C=O) groups is 1. The van der Waals surface area contributed by atoms with Crippen LogP contribution in [0.3, 0.4) is 0 Å². The Hall–Kier alpha value is -3.75. The van der Waals surface area contributed by atoms with Crippen molar-refractivity contribution >= 4 is 41.8 Å². The molecule has 42 heavy (non-hydrogen) atoms. The van der Waals surface area contributed by atoms with Crippen LogP contribution in [0.4, 0.5) is 5.69 Å². The van der Waals surface area contributed by atoms with Gasteiger partial charge in [0.05, 0.1) is 30.4 Å². The summed E-state index contributed by atoms with van der Waals surface area (Å²) in [7, 11) is -3.13. The SMILES string of the molecule is CC1COP(=O)(Cc2ccc(NC(=O)CCCc3oc(-n4cnc5ccccc54)nc3-c3ccc(Cl)cc3)cc2)OC1. The number of carbonyl (C=O) groups excluding carboxylic acids is 1. The van der Waals surface area contributed by atoms with E-state index >= 15 is 0 Å². The minimum absolute atomic E-state index is 0.114. The number of halogens is 1. The molecule has 1 amide bonds. The summed E-state index contributed by atoms with van der Waals surface area (Å²) in [5.41, 5.74) is 4.80. The van der Waals surface area contributed by atoms with Gasteiger partial charge >= 0.3 is 13.6 Å². The van der Waals surface area contributed by atoms with E-state index in [1.165, 1.54) is 0 Å². The Morgan fingerprint density at radius 1 is 1.05 bits per heavy atom. The Morgan fingerprint density at radius 3 is 2.55 bits per heavy atom. The number of hydrogen-bond acceptors (Lipinski definition) is 7. The lowest BCUT2D eigenvalue weighted by molar-refractivity contribution is -0.116. The maximum Gasteiger partial charge on any atom is 0.335 e. The van der Waals surface area contributed by atoms with Crippen LogP contribution >= 0.6 is 19.2 Å². The van der Waals surface area contributed by atoms with Crippen LogP contribution in [0.25, 0.3) is 28.3 Å². The summed E-state index contributed by atoms with van der Waals surface area (Å²) in [6.07, 6.45) is 3.26. The maximum absolute atomic E-state index is 12.8. The Labute approximate surface area is 248 Å². The van der Waals surface area contributed by atoms with Gasteiger partial charge < -0.3 is 18.8 Å². The van der Waals surface area contributed by atoms with Crippen LogP contribution < -0.4 is 5.32 Å². The lowest BCUT2D eigenvalue weighted by atomic mass is 10.1. The van der Waals surface area contributed by atoms with Crippen LogP contribution in [0, 0.1) is 5.92 Å². The fourth-order valence-corrected chi connectivity index (χ4v) is 6.77. The lowest BCUT2D eigenvalue weighted by Gasteiger charge is -2.27. The van der Waals surface area contributed by atoms with E-state index in [1.54, 1.807) is 18.5 Å². The molecule has 1 aliphatic heterocycles. The van der Waals surface area contributed by atoms with Gasteiger partial charge in [-0.1, -0.05) is 54.9 Å². The molecular weight excluding hydrogens is 575 g/mol. The van der Waals surface area contributed by atoms with E-state index in [-0.39, 0.29) is 18.0 Å². The standard InChI is InChI=1S/C31H30ClN4O5P/c1-21-17-39-42(38,40-18-21)19-22-9-15-25(16-10-22)34-29(37)8-4-7-28-30(23-11-13-24(32)14-12-23)35-31(41-28)36-20-33-26-5-2-3-6-27(26)36/h2-3,5-6,9-16,20-21H,4,7-8,17-19H2,1H3,(H,34,37). The van der Waals surface area contributed by atoms with E-state index in [2.05, 4.69) is 10.3 Å². The minimum atomic E-state index is -3.13. The number of oxazole rings is 1. The normalized spacial score (nSPS) is 18.8. The fraction of sp³-hybridized carbons (Fsp3) is 0.258. The fourth-order valence-electron chi connectivity index (χ4n) is 4.77. The van der Waals surface area contributed by atoms with Crippen molar-refractivity contribution in [3.05, 3.63) is 95.5 Å². The number of aromatic nitrogens is 3. The molecule has 0 aliphatic carbocycles. The number of nitrogens with one attached hydrogen (secondary N) is 1. The van der Waals surface area contributed by atoms with Gasteiger partial charge in [-0.15, -0.1) is 0 Å². The zero-order valence-electron chi connectivity index (χ0n) is 23.0. The molecule has 0 saturated carbocycles. The number of fused-ring (bicyclic) bond motifs is 1. The topological polar surface area (TPSA) is 108 Å². The average molecular weight is 605 g/mol. The van der Waals surface area contributed by atoms with Gasteiger partial charge in [0, 0.05) is 35.0 Å². The quantitative estimate of drug-likeness (QED) is 0.172. The van der Waals surface area contributed by atoms with Crippen molar-refractivity contribution in [3.63, 3.8) is 0 Å². The Morgan fingerprint density at radius 2 is 1.79 bits per heavy atom. The number of amides is 1. The molecule has 9 nitrogen and oxygen atoms in total. The number of nitrogens with zero attached hydrogens (tertiary/aromatic N) is 3. The number of benzene rings is 3. The third-order valence-corrected chi connectivity index (χ3v) is 9.09. The summed E-state index contributed by atoms with van der Waals surface area (Å²) in [5.74, 6) is 0.798. The molecule has 1 fully saturated rings. The van der Waals surface area contributed by atoms with Crippen LogP contribution in [0.15, 0.2) is 83.5 Å². The van der Waals surface area contributed by atoms with Gasteiger partial charge in [0.25, 0.3) is 0 Å². The van der Waals surface area contributed by atoms with Crippen molar-refractivity contribution in [1.82, 2.24) is 14.5 Å². The van der Waals surface area contributed by atoms with Gasteiger partial charge in [-0.2, -0.15) is 4.98 Å². The molecule has 1 saturated heterocycles. The zero-order valence-corrected chi connectivity index (χ0v) is 24.7. The molecule has 5 aromatic rings. The van der Waals surface area contributed by atoms with Gasteiger partial charge in [0.15, 0.2) is 0 Å². The molecule has 1 N–H and O–H groups in total. The second-order valence-corrected chi connectivity index (χ2v) is 12.9. The number of hydrogen-bond donors (Lipinski definition) is 1. The number of para-hydroxylation sites is 2. The summed E-state index contributed by atoms with van der Waals surface area (Å²) in [6, 6.07) is 22.9. The summed E-state index contributed by atoms with van der Waals surface area (Å²) in [5, 5.41) is 3.56. The van der Waals surface area contributed by atoms with Crippen molar-refractivity contribution in [2.45, 2.75) is 32.3 Å². The van der Waals surface area contributed by atoms with Gasteiger partial charge in [-0.25, -0.2) is 4.98 Å². The maximum atomic E-state index is 12.8. The molecule has 2 aromatic heterocycles. The van der Waals surface area contributed by atoms with Crippen LogP contribution in [0.5, 0.6) is 0 Å². The van der Waals surface area contributed by atoms with Gasteiger partial charge in [0.1, 0.15) is 17.8 Å². The Kier molecular flexibility index (Phi) is 8.27. The predicted molar refractivity (Wildman–Crippen MR) is 162 cm³/mol. The van der Waals surface area contributed by atoms with Gasteiger partial charge in [0.2, 0.25) is 5.91 Å². The molecule has 3 heterocycles. The highest BCUT2D eigenvalue weighted by Gasteiger charge is 2.31. The first-order valence-electron chi connectivity index (χ1n) is 13.8. The minimum Gasteiger partial charge on any atom is -0.427 e. The molecule has 11 heteroatoms. The largest absolute Gasteiger partial charge is 0.427 e. The predicted octanol–water partition coefficient (Wildman–Crippen LogP) is 7.67. The van der Waals surface area contributed by atoms with Crippen LogP contribution in [0.1, 0.15) is 31.1 Å². The van der Waals surface area contributed by atoms with Crippen molar-refractivity contribution in [2.24, 2.45) is 5.92 Å². The molecule has 0 unspecified atom stereocenters. The molecule has 0 atom stereocenters. The van der Waals surface area contributed by atoms with Crippen LogP contribution in [-0.2, 0) is 31.0 Å². The van der Waals surface area contributed by atoms with E-state index in [9.17, 15) is 9.36 Å². The van der Waals surface area contributed by atoms with Crippen LogP contribution in [-0.4, -0.2) is 33.7 Å². The smallest absolute Gasteiger partial charge is 0.335 e. The first kappa shape index (κ1) is 28.4. The first-order chi connectivity index (χ1) is 20.3. The molecule has 0 bridgehead atoms. The molecular formula is C31H30ClN4O5P. The Balaban J connectivity index is 1.10. The molecule has 216 valence electrons. The second kappa shape index (κ2) is 12.2. The van der Waals surface area contributed by atoms with Crippen molar-refractivity contribution in [3.8, 4) is 17.3 Å². The monoisotopic (exact) mass is 604 g/mol. The van der Waals surface area contributed by atoms with E-state index in [0.717, 1.165) is 22.2 Å². The van der Waals surface area contributed by atoms with Gasteiger partial charge in [-0.3, -0.25) is 13.9 Å². The molecule has 3 aromatic carbocycles. The highest BCUT2D eigenvalue weighted by atomic mass is 35.5. The third kappa shape index (κ3) is 6.50. The number of aryl methyl sites for hydroxylation is 1. The summed E-state index contributed by atoms with van der Waals surface area (Å²) in [6.45, 7) is 2.86. The van der Waals surface area contributed by atoms with E-state index < -0.39 is 7.60 Å². The Bertz CT molecular complexity index is 1740. The average Bonchev–Trinajstić information content (AvgIpc) is 3.61. The van der Waals surface area contributed by atoms with E-state index in [0.29, 0.717) is 60.7 Å². The second-order valence-electron chi connectivity index (χ2n) is 10.4. The van der Waals surface area contributed by atoms with Crippen molar-refractivity contribution in [2.75, 3.05) is 18.5 Å². The van der Waals surface area contributed by atoms with Crippen molar-refractivity contribution < 1.29 is 22.8 Å². The molecule has 0 radical (unpaired) electrons. The molecule has 6 rings (SSSR count). The van der Waals surface area contributed by atoms with E-state index in [1.807, 2.05) is 72.2 Å². The molecule has 0 spiro atoms.